The molecule has 27 heavy (non-hydrogen) atoms. The summed E-state index contributed by atoms with van der Waals surface area (Å²) in [6.45, 7) is 10.7. The van der Waals surface area contributed by atoms with Crippen molar-refractivity contribution in [2.75, 3.05) is 37.7 Å². The number of anilines is 1. The molecule has 144 valence electrons. The molecule has 0 bridgehead atoms. The van der Waals surface area contributed by atoms with Crippen LogP contribution in [0.15, 0.2) is 24.3 Å². The van der Waals surface area contributed by atoms with Crippen LogP contribution in [0.3, 0.4) is 0 Å². The summed E-state index contributed by atoms with van der Waals surface area (Å²) in [5, 5.41) is 0. The standard InChI is InChI=1S/C21H27N3O3/c1-5-27-21(26)19-15(3)18(16(4)22-19)20(25)24-12-10-23(11-13-24)17-9-7-6-8-14(17)2/h6-9,22H,5,10-13H2,1-4H3. The second kappa shape index (κ2) is 7.86. The van der Waals surface area contributed by atoms with Gasteiger partial charge in [0, 0.05) is 37.6 Å². The first-order chi connectivity index (χ1) is 12.9. The number of nitrogens with zero attached hydrogens (tertiary/aromatic N) is 2. The van der Waals surface area contributed by atoms with Crippen molar-refractivity contribution >= 4 is 17.6 Å². The number of benzene rings is 1. The summed E-state index contributed by atoms with van der Waals surface area (Å²) in [6.07, 6.45) is 0. The quantitative estimate of drug-likeness (QED) is 0.841. The van der Waals surface area contributed by atoms with E-state index in [9.17, 15) is 9.59 Å². The van der Waals surface area contributed by atoms with Crippen molar-refractivity contribution in [3.8, 4) is 0 Å². The van der Waals surface area contributed by atoms with Crippen LogP contribution in [0, 0.1) is 20.8 Å². The molecule has 2 heterocycles. The van der Waals surface area contributed by atoms with E-state index in [-0.39, 0.29) is 5.91 Å². The Morgan fingerprint density at radius 3 is 2.37 bits per heavy atom. The van der Waals surface area contributed by atoms with Crippen molar-refractivity contribution < 1.29 is 14.3 Å². The highest BCUT2D eigenvalue weighted by atomic mass is 16.5. The molecule has 1 N–H and O–H groups in total. The third kappa shape index (κ3) is 3.70. The second-order valence-electron chi connectivity index (χ2n) is 6.91. The Morgan fingerprint density at radius 2 is 1.74 bits per heavy atom. The molecule has 0 spiro atoms. The van der Waals surface area contributed by atoms with Crippen LogP contribution in [0.2, 0.25) is 0 Å². The average Bonchev–Trinajstić information content (AvgIpc) is 2.96. The van der Waals surface area contributed by atoms with Gasteiger partial charge in [-0.15, -0.1) is 0 Å². The van der Waals surface area contributed by atoms with Gasteiger partial charge in [0.05, 0.1) is 12.2 Å². The number of aryl methyl sites for hydroxylation is 2. The molecule has 1 aliphatic heterocycles. The molecule has 1 amide bonds. The van der Waals surface area contributed by atoms with Gasteiger partial charge in [0.25, 0.3) is 5.91 Å². The fourth-order valence-electron chi connectivity index (χ4n) is 3.70. The molecule has 1 aromatic carbocycles. The van der Waals surface area contributed by atoms with Gasteiger partial charge in [-0.3, -0.25) is 4.79 Å². The Kier molecular flexibility index (Phi) is 5.54. The van der Waals surface area contributed by atoms with Gasteiger partial charge in [-0.2, -0.15) is 0 Å². The van der Waals surface area contributed by atoms with Gasteiger partial charge >= 0.3 is 5.97 Å². The number of ether oxygens (including phenoxy) is 1. The van der Waals surface area contributed by atoms with Gasteiger partial charge in [-0.25, -0.2) is 4.79 Å². The van der Waals surface area contributed by atoms with Crippen molar-refractivity contribution in [3.63, 3.8) is 0 Å². The van der Waals surface area contributed by atoms with Crippen LogP contribution in [0.4, 0.5) is 5.69 Å². The zero-order valence-electron chi connectivity index (χ0n) is 16.5. The molecule has 1 aliphatic rings. The van der Waals surface area contributed by atoms with Crippen molar-refractivity contribution in [2.45, 2.75) is 27.7 Å². The van der Waals surface area contributed by atoms with E-state index in [0.29, 0.717) is 42.2 Å². The Labute approximate surface area is 160 Å². The number of aromatic amines is 1. The number of nitrogens with one attached hydrogen (secondary N) is 1. The van der Waals surface area contributed by atoms with Crippen molar-refractivity contribution in [3.05, 3.63) is 52.3 Å². The third-order valence-corrected chi connectivity index (χ3v) is 5.15. The van der Waals surface area contributed by atoms with E-state index in [4.69, 9.17) is 4.74 Å². The summed E-state index contributed by atoms with van der Waals surface area (Å²) in [7, 11) is 0. The normalized spacial score (nSPS) is 14.4. The van der Waals surface area contributed by atoms with E-state index in [1.807, 2.05) is 24.0 Å². The molecule has 2 aromatic rings. The maximum atomic E-state index is 13.1. The molecular formula is C21H27N3O3. The molecule has 6 heteroatoms. The SMILES string of the molecule is CCOC(=O)c1[nH]c(C)c(C(=O)N2CCN(c3ccccc3C)CC2)c1C. The van der Waals surface area contributed by atoms with E-state index < -0.39 is 5.97 Å². The Hall–Kier alpha value is -2.76. The molecule has 1 aromatic heterocycles. The molecule has 1 saturated heterocycles. The minimum Gasteiger partial charge on any atom is -0.461 e. The molecule has 0 radical (unpaired) electrons. The van der Waals surface area contributed by atoms with E-state index in [1.165, 1.54) is 11.3 Å². The van der Waals surface area contributed by atoms with Crippen LogP contribution in [0.5, 0.6) is 0 Å². The number of carbonyl (C=O) groups excluding carboxylic acids is 2. The van der Waals surface area contributed by atoms with Crippen LogP contribution >= 0.6 is 0 Å². The lowest BCUT2D eigenvalue weighted by atomic mass is 10.1. The van der Waals surface area contributed by atoms with Crippen molar-refractivity contribution in [1.82, 2.24) is 9.88 Å². The smallest absolute Gasteiger partial charge is 0.355 e. The number of H-pyrrole nitrogens is 1. The third-order valence-electron chi connectivity index (χ3n) is 5.15. The predicted molar refractivity (Wildman–Crippen MR) is 106 cm³/mol. The first-order valence-electron chi connectivity index (χ1n) is 9.40. The van der Waals surface area contributed by atoms with E-state index in [2.05, 4.69) is 28.9 Å². The largest absolute Gasteiger partial charge is 0.461 e. The average molecular weight is 369 g/mol. The van der Waals surface area contributed by atoms with Crippen LogP contribution < -0.4 is 4.90 Å². The number of piperazine rings is 1. The van der Waals surface area contributed by atoms with Gasteiger partial charge < -0.3 is 19.5 Å². The van der Waals surface area contributed by atoms with E-state index in [1.54, 1.807) is 13.8 Å². The highest BCUT2D eigenvalue weighted by Gasteiger charge is 2.28. The fourth-order valence-corrected chi connectivity index (χ4v) is 3.70. The Morgan fingerprint density at radius 1 is 1.07 bits per heavy atom. The number of aromatic nitrogens is 1. The summed E-state index contributed by atoms with van der Waals surface area (Å²) in [5.41, 5.74) is 4.80. The highest BCUT2D eigenvalue weighted by molar-refractivity contribution is 6.01. The molecule has 6 nitrogen and oxygen atoms in total. The first kappa shape index (κ1) is 19.0. The lowest BCUT2D eigenvalue weighted by Gasteiger charge is -2.37. The lowest BCUT2D eigenvalue weighted by molar-refractivity contribution is 0.0519. The van der Waals surface area contributed by atoms with Crippen molar-refractivity contribution in [2.24, 2.45) is 0 Å². The molecule has 1 fully saturated rings. The van der Waals surface area contributed by atoms with E-state index in [0.717, 1.165) is 13.1 Å². The molecule has 3 rings (SSSR count). The first-order valence-corrected chi connectivity index (χ1v) is 9.40. The monoisotopic (exact) mass is 369 g/mol. The zero-order valence-corrected chi connectivity index (χ0v) is 16.5. The molecular weight excluding hydrogens is 342 g/mol. The van der Waals surface area contributed by atoms with Crippen LogP contribution in [0.25, 0.3) is 0 Å². The number of hydrogen-bond donors (Lipinski definition) is 1. The number of carbonyl (C=O) groups is 2. The van der Waals surface area contributed by atoms with Gasteiger partial charge in [-0.1, -0.05) is 18.2 Å². The number of esters is 1. The van der Waals surface area contributed by atoms with Gasteiger partial charge in [0.15, 0.2) is 0 Å². The topological polar surface area (TPSA) is 65.6 Å². The zero-order chi connectivity index (χ0) is 19.6. The fraction of sp³-hybridized carbons (Fsp3) is 0.429. The van der Waals surface area contributed by atoms with Gasteiger partial charge in [-0.05, 0) is 44.9 Å². The summed E-state index contributed by atoms with van der Waals surface area (Å²) in [5.74, 6) is -0.442. The summed E-state index contributed by atoms with van der Waals surface area (Å²) < 4.78 is 5.07. The summed E-state index contributed by atoms with van der Waals surface area (Å²) >= 11 is 0. The second-order valence-corrected chi connectivity index (χ2v) is 6.91. The number of para-hydroxylation sites is 1. The van der Waals surface area contributed by atoms with Crippen LogP contribution in [0.1, 0.15) is 44.6 Å². The van der Waals surface area contributed by atoms with E-state index >= 15 is 0 Å². The molecule has 0 aliphatic carbocycles. The predicted octanol–water partition coefficient (Wildman–Crippen LogP) is 3.08. The van der Waals surface area contributed by atoms with Crippen LogP contribution in [-0.2, 0) is 4.74 Å². The minimum atomic E-state index is -0.415. The van der Waals surface area contributed by atoms with Gasteiger partial charge in [0.1, 0.15) is 5.69 Å². The number of rotatable bonds is 4. The van der Waals surface area contributed by atoms with Gasteiger partial charge in [0.2, 0.25) is 0 Å². The summed E-state index contributed by atoms with van der Waals surface area (Å²) in [4.78, 5) is 32.4. The number of amides is 1. The number of hydrogen-bond acceptors (Lipinski definition) is 4. The minimum absolute atomic E-state index is 0.0266. The molecule has 0 atom stereocenters. The lowest BCUT2D eigenvalue weighted by Crippen LogP contribution is -2.49. The highest BCUT2D eigenvalue weighted by Crippen LogP contribution is 2.24. The molecule has 0 saturated carbocycles. The Bertz CT molecular complexity index is 848. The van der Waals surface area contributed by atoms with Crippen LogP contribution in [-0.4, -0.2) is 54.5 Å². The van der Waals surface area contributed by atoms with Crippen molar-refractivity contribution in [1.29, 1.82) is 0 Å². The summed E-state index contributed by atoms with van der Waals surface area (Å²) in [6, 6.07) is 8.32. The Balaban J connectivity index is 1.73. The maximum absolute atomic E-state index is 13.1. The molecule has 0 unspecified atom stereocenters. The maximum Gasteiger partial charge on any atom is 0.355 e.